The molecule has 1 amide bonds. The second-order valence-corrected chi connectivity index (χ2v) is 7.48. The molecule has 0 atom stereocenters. The van der Waals surface area contributed by atoms with Crippen molar-refractivity contribution in [2.24, 2.45) is 0 Å². The number of benzene rings is 2. The van der Waals surface area contributed by atoms with Crippen molar-refractivity contribution < 1.29 is 14.3 Å². The first kappa shape index (κ1) is 21.6. The Bertz CT molecular complexity index is 1060. The molecule has 0 aliphatic heterocycles. The minimum atomic E-state index is -0.553. The predicted octanol–water partition coefficient (Wildman–Crippen LogP) is 3.96. The molecule has 1 heterocycles. The first-order chi connectivity index (χ1) is 14.4. The molecule has 8 heteroatoms. The molecule has 0 aliphatic rings. The highest BCUT2D eigenvalue weighted by Crippen LogP contribution is 2.22. The maximum absolute atomic E-state index is 12.3. The van der Waals surface area contributed by atoms with Crippen LogP contribution in [-0.2, 0) is 16.0 Å². The van der Waals surface area contributed by atoms with Crippen molar-refractivity contribution in [2.45, 2.75) is 32.3 Å². The van der Waals surface area contributed by atoms with Crippen LogP contribution in [0.5, 0.6) is 0 Å². The third-order valence-corrected chi connectivity index (χ3v) is 5.31. The van der Waals surface area contributed by atoms with Gasteiger partial charge in [-0.15, -0.1) is 10.2 Å². The number of hydrogen-bond acceptors (Lipinski definition) is 6. The van der Waals surface area contributed by atoms with Crippen LogP contribution >= 0.6 is 11.8 Å². The van der Waals surface area contributed by atoms with E-state index in [2.05, 4.69) is 15.5 Å². The third kappa shape index (κ3) is 4.71. The van der Waals surface area contributed by atoms with Gasteiger partial charge in [0.25, 0.3) is 5.91 Å². The van der Waals surface area contributed by atoms with Crippen molar-refractivity contribution in [3.63, 3.8) is 0 Å². The lowest BCUT2D eigenvalue weighted by atomic mass is 10.1. The summed E-state index contributed by atoms with van der Waals surface area (Å²) in [6.45, 7) is 5.48. The average Bonchev–Trinajstić information content (AvgIpc) is 3.14. The molecule has 1 N–H and O–H groups in total. The van der Waals surface area contributed by atoms with Crippen LogP contribution < -0.4 is 5.32 Å². The summed E-state index contributed by atoms with van der Waals surface area (Å²) in [5, 5.41) is 11.8. The summed E-state index contributed by atoms with van der Waals surface area (Å²) in [5.41, 5.74) is 4.01. The Labute approximate surface area is 179 Å². The molecule has 0 saturated heterocycles. The lowest BCUT2D eigenvalue weighted by Gasteiger charge is -2.13. The standard InChI is InChI=1S/C22H24N4O3S/c1-5-16-8-6-7-14(2)20(16)23-19(27)13-29-21(28)17-9-11-18(12-10-17)26-15(3)24-25-22(26)30-4/h6-12H,5,13H2,1-4H3,(H,23,27). The van der Waals surface area contributed by atoms with Crippen molar-refractivity contribution >= 4 is 29.3 Å². The molecule has 0 fully saturated rings. The number of carbonyl (C=O) groups is 2. The van der Waals surface area contributed by atoms with Gasteiger partial charge < -0.3 is 10.1 Å². The van der Waals surface area contributed by atoms with Crippen LogP contribution in [0.25, 0.3) is 5.69 Å². The topological polar surface area (TPSA) is 86.1 Å². The molecule has 3 aromatic rings. The largest absolute Gasteiger partial charge is 0.452 e. The van der Waals surface area contributed by atoms with Gasteiger partial charge in [-0.2, -0.15) is 0 Å². The number of anilines is 1. The van der Waals surface area contributed by atoms with Crippen LogP contribution in [0, 0.1) is 13.8 Å². The Morgan fingerprint density at radius 2 is 1.83 bits per heavy atom. The number of nitrogens with zero attached hydrogens (tertiary/aromatic N) is 3. The highest BCUT2D eigenvalue weighted by Gasteiger charge is 2.14. The highest BCUT2D eigenvalue weighted by atomic mass is 32.2. The first-order valence-corrected chi connectivity index (χ1v) is 10.8. The lowest BCUT2D eigenvalue weighted by molar-refractivity contribution is -0.119. The van der Waals surface area contributed by atoms with E-state index in [1.54, 1.807) is 24.3 Å². The van der Waals surface area contributed by atoms with Gasteiger partial charge in [-0.1, -0.05) is 36.9 Å². The zero-order valence-corrected chi connectivity index (χ0v) is 18.2. The number of aromatic nitrogens is 3. The van der Waals surface area contributed by atoms with Gasteiger partial charge in [0, 0.05) is 11.4 Å². The van der Waals surface area contributed by atoms with Crippen LogP contribution in [0.3, 0.4) is 0 Å². The Balaban J connectivity index is 1.63. The van der Waals surface area contributed by atoms with Gasteiger partial charge in [0.1, 0.15) is 5.82 Å². The lowest BCUT2D eigenvalue weighted by Crippen LogP contribution is -2.22. The zero-order valence-electron chi connectivity index (χ0n) is 17.4. The van der Waals surface area contributed by atoms with Crippen molar-refractivity contribution in [2.75, 3.05) is 18.2 Å². The van der Waals surface area contributed by atoms with Gasteiger partial charge in [-0.25, -0.2) is 4.79 Å². The number of rotatable bonds is 7. The van der Waals surface area contributed by atoms with Gasteiger partial charge in [-0.05, 0) is 61.9 Å². The number of aryl methyl sites for hydroxylation is 3. The molecule has 156 valence electrons. The van der Waals surface area contributed by atoms with Crippen molar-refractivity contribution in [1.82, 2.24) is 14.8 Å². The second kappa shape index (κ2) is 9.58. The van der Waals surface area contributed by atoms with Crippen LogP contribution in [-0.4, -0.2) is 39.5 Å². The first-order valence-electron chi connectivity index (χ1n) is 9.56. The Morgan fingerprint density at radius 1 is 1.10 bits per heavy atom. The van der Waals surface area contributed by atoms with Crippen LogP contribution in [0.2, 0.25) is 0 Å². The predicted molar refractivity (Wildman–Crippen MR) is 117 cm³/mol. The smallest absolute Gasteiger partial charge is 0.338 e. The van der Waals surface area contributed by atoms with Gasteiger partial charge in [-0.3, -0.25) is 9.36 Å². The van der Waals surface area contributed by atoms with Crippen molar-refractivity contribution in [1.29, 1.82) is 0 Å². The number of carbonyl (C=O) groups excluding carboxylic acids is 2. The number of thioether (sulfide) groups is 1. The molecule has 1 aromatic heterocycles. The maximum atomic E-state index is 12.3. The van der Waals surface area contributed by atoms with Crippen molar-refractivity contribution in [3.05, 3.63) is 65.0 Å². The van der Waals surface area contributed by atoms with Crippen LogP contribution in [0.1, 0.15) is 34.2 Å². The summed E-state index contributed by atoms with van der Waals surface area (Å²) in [4.78, 5) is 24.6. The molecule has 3 rings (SSSR count). The highest BCUT2D eigenvalue weighted by molar-refractivity contribution is 7.98. The number of amides is 1. The number of esters is 1. The summed E-state index contributed by atoms with van der Waals surface area (Å²) in [6, 6.07) is 12.8. The molecule has 7 nitrogen and oxygen atoms in total. The van der Waals surface area contributed by atoms with E-state index in [0.717, 1.165) is 39.9 Å². The molecule has 0 bridgehead atoms. The zero-order chi connectivity index (χ0) is 21.7. The maximum Gasteiger partial charge on any atom is 0.338 e. The number of nitrogens with one attached hydrogen (secondary N) is 1. The van der Waals surface area contributed by atoms with E-state index in [0.29, 0.717) is 5.56 Å². The van der Waals surface area contributed by atoms with E-state index in [1.165, 1.54) is 11.8 Å². The molecular weight excluding hydrogens is 400 g/mol. The summed E-state index contributed by atoms with van der Waals surface area (Å²) in [7, 11) is 0. The summed E-state index contributed by atoms with van der Waals surface area (Å²) < 4.78 is 7.09. The molecule has 0 aliphatic carbocycles. The fourth-order valence-electron chi connectivity index (χ4n) is 3.11. The van der Waals surface area contributed by atoms with E-state index in [1.807, 2.05) is 49.8 Å². The second-order valence-electron chi connectivity index (χ2n) is 6.70. The fourth-order valence-corrected chi connectivity index (χ4v) is 3.65. The SMILES string of the molecule is CCc1cccc(C)c1NC(=O)COC(=O)c1ccc(-n2c(C)nnc2SC)cc1. The molecule has 0 saturated carbocycles. The number of ether oxygens (including phenoxy) is 1. The summed E-state index contributed by atoms with van der Waals surface area (Å²) in [6.07, 6.45) is 2.73. The van der Waals surface area contributed by atoms with Crippen LogP contribution in [0.15, 0.2) is 47.6 Å². The van der Waals surface area contributed by atoms with Gasteiger partial charge >= 0.3 is 5.97 Å². The van der Waals surface area contributed by atoms with Gasteiger partial charge in [0.15, 0.2) is 11.8 Å². The molecule has 0 unspecified atom stereocenters. The minimum absolute atomic E-state index is 0.348. The number of hydrogen-bond donors (Lipinski definition) is 1. The fraction of sp³-hybridized carbons (Fsp3) is 0.273. The number of para-hydroxylation sites is 1. The quantitative estimate of drug-likeness (QED) is 0.456. The van der Waals surface area contributed by atoms with E-state index >= 15 is 0 Å². The third-order valence-electron chi connectivity index (χ3n) is 4.68. The minimum Gasteiger partial charge on any atom is -0.452 e. The monoisotopic (exact) mass is 424 g/mol. The Kier molecular flexibility index (Phi) is 6.89. The average molecular weight is 425 g/mol. The molecule has 0 radical (unpaired) electrons. The Hall–Kier alpha value is -3.13. The molecule has 2 aromatic carbocycles. The summed E-state index contributed by atoms with van der Waals surface area (Å²) in [5.74, 6) is -0.162. The van der Waals surface area contributed by atoms with E-state index in [9.17, 15) is 9.59 Å². The van der Waals surface area contributed by atoms with Gasteiger partial charge in [0.05, 0.1) is 5.56 Å². The van der Waals surface area contributed by atoms with Crippen molar-refractivity contribution in [3.8, 4) is 5.69 Å². The van der Waals surface area contributed by atoms with Crippen LogP contribution in [0.4, 0.5) is 5.69 Å². The Morgan fingerprint density at radius 3 is 2.50 bits per heavy atom. The van der Waals surface area contributed by atoms with Gasteiger partial charge in [0.2, 0.25) is 0 Å². The van der Waals surface area contributed by atoms with E-state index in [4.69, 9.17) is 4.74 Å². The molecule has 0 spiro atoms. The molecule has 30 heavy (non-hydrogen) atoms. The molecular formula is C22H24N4O3S. The summed E-state index contributed by atoms with van der Waals surface area (Å²) >= 11 is 1.49. The van der Waals surface area contributed by atoms with E-state index in [-0.39, 0.29) is 12.5 Å². The normalized spacial score (nSPS) is 10.7. The van der Waals surface area contributed by atoms with E-state index < -0.39 is 5.97 Å².